The van der Waals surface area contributed by atoms with Crippen molar-refractivity contribution >= 4 is 22.4 Å². The minimum atomic E-state index is -0.565. The first kappa shape index (κ1) is 16.0. The molecule has 0 radical (unpaired) electrons. The SMILES string of the molecule is Cn1cccc1-c1csc(NC(=O)C2(c3ccc(F)cc3)CCC2)n1. The van der Waals surface area contributed by atoms with Crippen molar-refractivity contribution in [3.63, 3.8) is 0 Å². The summed E-state index contributed by atoms with van der Waals surface area (Å²) in [5, 5.41) is 5.50. The van der Waals surface area contributed by atoms with Crippen LogP contribution in [0.2, 0.25) is 0 Å². The van der Waals surface area contributed by atoms with Crippen molar-refractivity contribution in [2.75, 3.05) is 5.32 Å². The molecular formula is C19H18FN3OS. The Labute approximate surface area is 149 Å². The van der Waals surface area contributed by atoms with Gasteiger partial charge in [-0.15, -0.1) is 11.3 Å². The monoisotopic (exact) mass is 355 g/mol. The molecule has 0 saturated heterocycles. The van der Waals surface area contributed by atoms with Crippen LogP contribution >= 0.6 is 11.3 Å². The predicted molar refractivity (Wildman–Crippen MR) is 97.1 cm³/mol. The molecule has 1 aromatic carbocycles. The maximum atomic E-state index is 13.2. The lowest BCUT2D eigenvalue weighted by Gasteiger charge is -2.40. The third-order valence-corrected chi connectivity index (χ3v) is 5.73. The van der Waals surface area contributed by atoms with Crippen molar-refractivity contribution < 1.29 is 9.18 Å². The van der Waals surface area contributed by atoms with Crippen LogP contribution in [0.3, 0.4) is 0 Å². The molecule has 128 valence electrons. The number of rotatable bonds is 4. The molecule has 1 fully saturated rings. The summed E-state index contributed by atoms with van der Waals surface area (Å²) in [4.78, 5) is 17.5. The van der Waals surface area contributed by atoms with Crippen LogP contribution < -0.4 is 5.32 Å². The van der Waals surface area contributed by atoms with Crippen LogP contribution in [0, 0.1) is 5.82 Å². The van der Waals surface area contributed by atoms with E-state index >= 15 is 0 Å². The van der Waals surface area contributed by atoms with Gasteiger partial charge in [-0.1, -0.05) is 18.6 Å². The normalized spacial score (nSPS) is 15.6. The van der Waals surface area contributed by atoms with Gasteiger partial charge >= 0.3 is 0 Å². The van der Waals surface area contributed by atoms with Crippen LogP contribution in [0.25, 0.3) is 11.4 Å². The van der Waals surface area contributed by atoms with Crippen LogP contribution in [0.15, 0.2) is 48.0 Å². The second-order valence-corrected chi connectivity index (χ2v) is 7.30. The quantitative estimate of drug-likeness (QED) is 0.756. The van der Waals surface area contributed by atoms with Crippen molar-refractivity contribution in [3.05, 3.63) is 59.4 Å². The fourth-order valence-corrected chi connectivity index (χ4v) is 4.04. The van der Waals surface area contributed by atoms with Crippen molar-refractivity contribution in [2.24, 2.45) is 7.05 Å². The van der Waals surface area contributed by atoms with Crippen LogP contribution in [0.4, 0.5) is 9.52 Å². The standard InChI is InChI=1S/C19H18FN3OS/c1-23-11-2-4-16(23)15-12-25-18(21-15)22-17(24)19(9-3-10-19)13-5-7-14(20)8-6-13/h2,4-8,11-12H,3,9-10H2,1H3,(H,21,22,24). The van der Waals surface area contributed by atoms with Gasteiger partial charge < -0.3 is 9.88 Å². The van der Waals surface area contributed by atoms with Gasteiger partial charge in [0.05, 0.1) is 16.8 Å². The summed E-state index contributed by atoms with van der Waals surface area (Å²) in [5.41, 5.74) is 2.16. The Morgan fingerprint density at radius 1 is 1.28 bits per heavy atom. The predicted octanol–water partition coefficient (Wildman–Crippen LogP) is 4.35. The molecule has 0 bridgehead atoms. The second-order valence-electron chi connectivity index (χ2n) is 6.44. The molecule has 2 heterocycles. The molecule has 1 amide bonds. The zero-order valence-corrected chi connectivity index (χ0v) is 14.6. The molecule has 4 rings (SSSR count). The number of halogens is 1. The topological polar surface area (TPSA) is 46.9 Å². The Kier molecular flexibility index (Phi) is 3.92. The molecule has 2 aromatic heterocycles. The summed E-state index contributed by atoms with van der Waals surface area (Å²) >= 11 is 1.42. The van der Waals surface area contributed by atoms with Gasteiger partial charge in [0.25, 0.3) is 0 Å². The van der Waals surface area contributed by atoms with Crippen molar-refractivity contribution in [3.8, 4) is 11.4 Å². The lowest BCUT2D eigenvalue weighted by molar-refractivity contribution is -0.124. The summed E-state index contributed by atoms with van der Waals surface area (Å²) in [6, 6.07) is 10.2. The lowest BCUT2D eigenvalue weighted by Crippen LogP contribution is -2.46. The van der Waals surface area contributed by atoms with E-state index in [0.29, 0.717) is 5.13 Å². The van der Waals surface area contributed by atoms with Crippen LogP contribution in [0.1, 0.15) is 24.8 Å². The van der Waals surface area contributed by atoms with Gasteiger partial charge in [-0.3, -0.25) is 4.79 Å². The van der Waals surface area contributed by atoms with E-state index in [1.165, 1.54) is 23.5 Å². The second kappa shape index (κ2) is 6.11. The zero-order chi connectivity index (χ0) is 17.4. The maximum Gasteiger partial charge on any atom is 0.236 e. The fourth-order valence-electron chi connectivity index (χ4n) is 3.34. The van der Waals surface area contributed by atoms with E-state index < -0.39 is 5.41 Å². The number of aryl methyl sites for hydroxylation is 1. The van der Waals surface area contributed by atoms with Gasteiger partial charge in [0.2, 0.25) is 5.91 Å². The molecule has 6 heteroatoms. The average molecular weight is 355 g/mol. The third-order valence-electron chi connectivity index (χ3n) is 4.97. The van der Waals surface area contributed by atoms with Crippen LogP contribution in [0.5, 0.6) is 0 Å². The number of carbonyl (C=O) groups excluding carboxylic acids is 1. The highest BCUT2D eigenvalue weighted by Crippen LogP contribution is 2.44. The first-order valence-electron chi connectivity index (χ1n) is 8.23. The average Bonchev–Trinajstić information content (AvgIpc) is 3.17. The molecule has 1 aliphatic carbocycles. The summed E-state index contributed by atoms with van der Waals surface area (Å²) in [7, 11) is 1.96. The largest absolute Gasteiger partial charge is 0.349 e. The van der Waals surface area contributed by atoms with Crippen LogP contribution in [-0.4, -0.2) is 15.5 Å². The minimum Gasteiger partial charge on any atom is -0.349 e. The Bertz CT molecular complexity index is 909. The van der Waals surface area contributed by atoms with Crippen LogP contribution in [-0.2, 0) is 17.3 Å². The van der Waals surface area contributed by atoms with Crippen molar-refractivity contribution in [2.45, 2.75) is 24.7 Å². The smallest absolute Gasteiger partial charge is 0.236 e. The van der Waals surface area contributed by atoms with Crippen molar-refractivity contribution in [1.82, 2.24) is 9.55 Å². The number of aromatic nitrogens is 2. The summed E-state index contributed by atoms with van der Waals surface area (Å²) < 4.78 is 15.2. The number of thiazole rings is 1. The number of benzene rings is 1. The molecule has 25 heavy (non-hydrogen) atoms. The Hall–Kier alpha value is -2.47. The van der Waals surface area contributed by atoms with Gasteiger partial charge in [-0.25, -0.2) is 9.37 Å². The highest BCUT2D eigenvalue weighted by Gasteiger charge is 2.45. The summed E-state index contributed by atoms with van der Waals surface area (Å²) in [5.74, 6) is -0.344. The molecule has 0 aliphatic heterocycles. The van der Waals surface area contributed by atoms with E-state index in [2.05, 4.69) is 10.3 Å². The number of hydrogen-bond acceptors (Lipinski definition) is 3. The molecule has 4 nitrogen and oxygen atoms in total. The van der Waals surface area contributed by atoms with Gasteiger partial charge in [0.15, 0.2) is 5.13 Å². The Morgan fingerprint density at radius 3 is 2.64 bits per heavy atom. The number of nitrogens with zero attached hydrogens (tertiary/aromatic N) is 2. The highest BCUT2D eigenvalue weighted by atomic mass is 32.1. The molecule has 0 unspecified atom stereocenters. The molecule has 3 aromatic rings. The van der Waals surface area contributed by atoms with Gasteiger partial charge in [-0.05, 0) is 42.7 Å². The summed E-state index contributed by atoms with van der Waals surface area (Å²) in [6.07, 6.45) is 4.52. The third kappa shape index (κ3) is 2.76. The Morgan fingerprint density at radius 2 is 2.04 bits per heavy atom. The minimum absolute atomic E-state index is 0.0573. The molecule has 0 spiro atoms. The molecule has 1 saturated carbocycles. The first-order chi connectivity index (χ1) is 12.1. The van der Waals surface area contributed by atoms with Crippen molar-refractivity contribution in [1.29, 1.82) is 0 Å². The van der Waals surface area contributed by atoms with E-state index in [0.717, 1.165) is 36.2 Å². The van der Waals surface area contributed by atoms with Gasteiger partial charge in [0.1, 0.15) is 5.82 Å². The number of anilines is 1. The molecular weight excluding hydrogens is 337 g/mol. The molecule has 1 N–H and O–H groups in total. The van der Waals surface area contributed by atoms with Gasteiger partial charge in [-0.2, -0.15) is 0 Å². The van der Waals surface area contributed by atoms with E-state index in [9.17, 15) is 9.18 Å². The number of nitrogens with one attached hydrogen (secondary N) is 1. The number of carbonyl (C=O) groups is 1. The first-order valence-corrected chi connectivity index (χ1v) is 9.11. The fraction of sp³-hybridized carbons (Fsp3) is 0.263. The van der Waals surface area contributed by atoms with E-state index in [-0.39, 0.29) is 11.7 Å². The van der Waals surface area contributed by atoms with E-state index in [1.54, 1.807) is 12.1 Å². The molecule has 0 atom stereocenters. The van der Waals surface area contributed by atoms with E-state index in [1.807, 2.05) is 35.3 Å². The zero-order valence-electron chi connectivity index (χ0n) is 13.8. The molecule has 1 aliphatic rings. The summed E-state index contributed by atoms with van der Waals surface area (Å²) in [6.45, 7) is 0. The van der Waals surface area contributed by atoms with Gasteiger partial charge in [0, 0.05) is 18.6 Å². The van der Waals surface area contributed by atoms with E-state index in [4.69, 9.17) is 0 Å². The lowest BCUT2D eigenvalue weighted by atomic mass is 9.64. The highest BCUT2D eigenvalue weighted by molar-refractivity contribution is 7.14. The maximum absolute atomic E-state index is 13.2. The number of amides is 1. The Balaban J connectivity index is 1.56. The number of hydrogen-bond donors (Lipinski definition) is 1.